The Labute approximate surface area is 342 Å². The summed E-state index contributed by atoms with van der Waals surface area (Å²) in [6.07, 6.45) is 0. The van der Waals surface area contributed by atoms with Crippen LogP contribution in [0.4, 0.5) is 0 Å². The first-order valence-corrected chi connectivity index (χ1v) is 20.3. The monoisotopic (exact) mass is 748 g/mol. The average Bonchev–Trinajstić information content (AvgIpc) is 3.68. The van der Waals surface area contributed by atoms with Crippen LogP contribution in [0.5, 0.6) is 0 Å². The highest BCUT2D eigenvalue weighted by Crippen LogP contribution is 2.45. The minimum Gasteiger partial charge on any atom is -0.456 e. The average molecular weight is 749 g/mol. The zero-order valence-electron chi connectivity index (χ0n) is 32.2. The molecule has 12 aromatic rings. The van der Waals surface area contributed by atoms with Crippen LogP contribution in [0.2, 0.25) is 0 Å². The zero-order chi connectivity index (χ0) is 38.9. The van der Waals surface area contributed by atoms with Crippen molar-refractivity contribution >= 4 is 65.0 Å². The molecule has 0 radical (unpaired) electrons. The van der Waals surface area contributed by atoms with E-state index in [0.29, 0.717) is 0 Å². The normalized spacial score (nSPS) is 11.7. The molecular formula is C58H36O. The molecule has 0 spiro atoms. The lowest BCUT2D eigenvalue weighted by Gasteiger charge is -2.18. The molecule has 0 fully saturated rings. The summed E-state index contributed by atoms with van der Waals surface area (Å²) >= 11 is 0. The standard InChI is InChI=1S/C58H36O/c1-2-11-40-33-43(25-22-37(40)10-1)42-13-9-12-41(32-42)38-20-23-39(24-21-38)57-50-15-3-5-17-52(50)58(53-18-6-4-16-51(53)57)48-29-28-44-34-45(26-27-46(44)35-48)47-30-31-56-54(36-47)49-14-7-8-19-55(49)59-56/h1-36H. The van der Waals surface area contributed by atoms with Crippen molar-refractivity contribution in [3.63, 3.8) is 0 Å². The first kappa shape index (κ1) is 33.4. The molecule has 1 aromatic heterocycles. The van der Waals surface area contributed by atoms with E-state index in [1.54, 1.807) is 0 Å². The minimum atomic E-state index is 0.918. The molecule has 0 atom stereocenters. The van der Waals surface area contributed by atoms with Gasteiger partial charge in [-0.15, -0.1) is 0 Å². The molecule has 0 N–H and O–H groups in total. The Morgan fingerprint density at radius 3 is 1.29 bits per heavy atom. The molecule has 0 aliphatic rings. The fourth-order valence-corrected chi connectivity index (χ4v) is 9.31. The number of hydrogen-bond acceptors (Lipinski definition) is 1. The van der Waals surface area contributed by atoms with Gasteiger partial charge in [0.15, 0.2) is 0 Å². The van der Waals surface area contributed by atoms with Gasteiger partial charge >= 0.3 is 0 Å². The van der Waals surface area contributed by atoms with E-state index in [4.69, 9.17) is 4.42 Å². The summed E-state index contributed by atoms with van der Waals surface area (Å²) in [4.78, 5) is 0. The van der Waals surface area contributed by atoms with Crippen molar-refractivity contribution in [2.24, 2.45) is 0 Å². The van der Waals surface area contributed by atoms with Crippen LogP contribution in [0.3, 0.4) is 0 Å². The molecule has 1 nitrogen and oxygen atoms in total. The highest BCUT2D eigenvalue weighted by molar-refractivity contribution is 6.22. The maximum absolute atomic E-state index is 6.11. The first-order valence-electron chi connectivity index (χ1n) is 20.3. The maximum Gasteiger partial charge on any atom is 0.135 e. The second-order valence-electron chi connectivity index (χ2n) is 15.6. The summed E-state index contributed by atoms with van der Waals surface area (Å²) < 4.78 is 6.11. The van der Waals surface area contributed by atoms with Crippen LogP contribution in [-0.4, -0.2) is 0 Å². The second-order valence-corrected chi connectivity index (χ2v) is 15.6. The predicted molar refractivity (Wildman–Crippen MR) is 251 cm³/mol. The molecule has 1 heterocycles. The maximum atomic E-state index is 6.11. The Bertz CT molecular complexity index is 3550. The minimum absolute atomic E-state index is 0.918. The summed E-state index contributed by atoms with van der Waals surface area (Å²) in [5.41, 5.74) is 14.1. The van der Waals surface area contributed by atoms with E-state index in [9.17, 15) is 0 Å². The van der Waals surface area contributed by atoms with E-state index >= 15 is 0 Å². The Kier molecular flexibility index (Phi) is 7.61. The predicted octanol–water partition coefficient (Wildman–Crippen LogP) is 16.5. The third kappa shape index (κ3) is 5.62. The van der Waals surface area contributed by atoms with Crippen molar-refractivity contribution in [3.8, 4) is 55.6 Å². The molecule has 0 unspecified atom stereocenters. The van der Waals surface area contributed by atoms with E-state index in [2.05, 4.69) is 206 Å². The topological polar surface area (TPSA) is 13.1 Å². The number of fused-ring (bicyclic) bond motifs is 7. The van der Waals surface area contributed by atoms with Crippen LogP contribution in [-0.2, 0) is 0 Å². The third-order valence-electron chi connectivity index (χ3n) is 12.2. The lowest BCUT2D eigenvalue weighted by molar-refractivity contribution is 0.669. The van der Waals surface area contributed by atoms with Gasteiger partial charge in [0.2, 0.25) is 0 Å². The summed E-state index contributed by atoms with van der Waals surface area (Å²) in [6.45, 7) is 0. The van der Waals surface area contributed by atoms with Crippen molar-refractivity contribution in [1.82, 2.24) is 0 Å². The summed E-state index contributed by atoms with van der Waals surface area (Å²) in [7, 11) is 0. The van der Waals surface area contributed by atoms with Crippen LogP contribution < -0.4 is 0 Å². The molecule has 11 aromatic carbocycles. The van der Waals surface area contributed by atoms with Crippen molar-refractivity contribution in [2.45, 2.75) is 0 Å². The van der Waals surface area contributed by atoms with Crippen LogP contribution in [0.15, 0.2) is 223 Å². The SMILES string of the molecule is c1cc(-c2ccc(-c3c4ccccc4c(-c4ccc5cc(-c6ccc7oc8ccccc8c7c6)ccc5c4)c4ccccc34)cc2)cc(-c2ccc3ccccc3c2)c1. The Morgan fingerprint density at radius 2 is 0.610 bits per heavy atom. The fourth-order valence-electron chi connectivity index (χ4n) is 9.31. The van der Waals surface area contributed by atoms with Gasteiger partial charge in [-0.05, 0) is 141 Å². The van der Waals surface area contributed by atoms with Crippen LogP contribution in [0, 0.1) is 0 Å². The van der Waals surface area contributed by atoms with Gasteiger partial charge in [-0.1, -0.05) is 176 Å². The molecule has 1 heteroatoms. The number of rotatable bonds is 5. The van der Waals surface area contributed by atoms with E-state index in [1.807, 2.05) is 12.1 Å². The van der Waals surface area contributed by atoms with Crippen LogP contribution >= 0.6 is 0 Å². The molecule has 0 aliphatic carbocycles. The van der Waals surface area contributed by atoms with E-state index in [0.717, 1.165) is 21.9 Å². The van der Waals surface area contributed by atoms with Gasteiger partial charge in [0.05, 0.1) is 0 Å². The fraction of sp³-hybridized carbons (Fsp3) is 0. The van der Waals surface area contributed by atoms with Crippen molar-refractivity contribution in [2.75, 3.05) is 0 Å². The smallest absolute Gasteiger partial charge is 0.135 e. The summed E-state index contributed by atoms with van der Waals surface area (Å²) in [6, 6.07) is 79.7. The van der Waals surface area contributed by atoms with Gasteiger partial charge in [0.1, 0.15) is 11.2 Å². The largest absolute Gasteiger partial charge is 0.456 e. The lowest BCUT2D eigenvalue weighted by atomic mass is 9.85. The first-order chi connectivity index (χ1) is 29.2. The lowest BCUT2D eigenvalue weighted by Crippen LogP contribution is -1.91. The highest BCUT2D eigenvalue weighted by atomic mass is 16.3. The third-order valence-corrected chi connectivity index (χ3v) is 12.2. The Morgan fingerprint density at radius 1 is 0.203 bits per heavy atom. The van der Waals surface area contributed by atoms with Crippen molar-refractivity contribution in [1.29, 1.82) is 0 Å². The van der Waals surface area contributed by atoms with Gasteiger partial charge in [-0.2, -0.15) is 0 Å². The molecule has 274 valence electrons. The number of hydrogen-bond donors (Lipinski definition) is 0. The zero-order valence-corrected chi connectivity index (χ0v) is 32.2. The van der Waals surface area contributed by atoms with Gasteiger partial charge in [0, 0.05) is 10.8 Å². The van der Waals surface area contributed by atoms with Crippen molar-refractivity contribution < 1.29 is 4.42 Å². The van der Waals surface area contributed by atoms with Gasteiger partial charge in [-0.25, -0.2) is 0 Å². The van der Waals surface area contributed by atoms with Crippen molar-refractivity contribution in [3.05, 3.63) is 218 Å². The molecule has 59 heavy (non-hydrogen) atoms. The molecule has 12 rings (SSSR count). The molecule has 0 aliphatic heterocycles. The highest BCUT2D eigenvalue weighted by Gasteiger charge is 2.17. The molecule has 0 amide bonds. The van der Waals surface area contributed by atoms with Gasteiger partial charge in [0.25, 0.3) is 0 Å². The summed E-state index contributed by atoms with van der Waals surface area (Å²) in [5.74, 6) is 0. The van der Waals surface area contributed by atoms with Crippen LogP contribution in [0.25, 0.3) is 121 Å². The molecular weight excluding hydrogens is 713 g/mol. The van der Waals surface area contributed by atoms with Gasteiger partial charge < -0.3 is 4.42 Å². The van der Waals surface area contributed by atoms with Gasteiger partial charge in [-0.3, -0.25) is 0 Å². The number of para-hydroxylation sites is 1. The quantitative estimate of drug-likeness (QED) is 0.160. The molecule has 0 saturated carbocycles. The number of benzene rings is 11. The van der Waals surface area contributed by atoms with Crippen LogP contribution in [0.1, 0.15) is 0 Å². The Hall–Kier alpha value is -7.74. The molecule has 0 saturated heterocycles. The van der Waals surface area contributed by atoms with E-state index in [-0.39, 0.29) is 0 Å². The van der Waals surface area contributed by atoms with E-state index < -0.39 is 0 Å². The Balaban J connectivity index is 0.924. The molecule has 0 bridgehead atoms. The summed E-state index contributed by atoms with van der Waals surface area (Å²) in [5, 5.41) is 12.3. The second kappa shape index (κ2) is 13.4. The van der Waals surface area contributed by atoms with E-state index in [1.165, 1.54) is 98.7 Å². The number of furan rings is 1.